The summed E-state index contributed by atoms with van der Waals surface area (Å²) in [6.45, 7) is 6.17. The molecular weight excluding hydrogens is 398 g/mol. The van der Waals surface area contributed by atoms with E-state index < -0.39 is 0 Å². The molecule has 0 spiro atoms. The van der Waals surface area contributed by atoms with Crippen molar-refractivity contribution < 1.29 is 9.59 Å². The third kappa shape index (κ3) is 5.27. The van der Waals surface area contributed by atoms with Crippen LogP contribution in [0.5, 0.6) is 0 Å². The van der Waals surface area contributed by atoms with Gasteiger partial charge >= 0.3 is 0 Å². The van der Waals surface area contributed by atoms with E-state index in [0.29, 0.717) is 16.4 Å². The van der Waals surface area contributed by atoms with Crippen LogP contribution in [0.15, 0.2) is 53.9 Å². The van der Waals surface area contributed by atoms with Gasteiger partial charge in [0.05, 0.1) is 5.75 Å². The number of amides is 2. The second kappa shape index (κ2) is 9.58. The molecule has 0 saturated heterocycles. The average Bonchev–Trinajstić information content (AvgIpc) is 3.12. The zero-order chi connectivity index (χ0) is 21.7. The predicted octanol–water partition coefficient (Wildman–Crippen LogP) is 4.23. The van der Waals surface area contributed by atoms with Gasteiger partial charge in [0.15, 0.2) is 5.16 Å². The van der Waals surface area contributed by atoms with Crippen LogP contribution < -0.4 is 10.6 Å². The van der Waals surface area contributed by atoms with E-state index in [4.69, 9.17) is 0 Å². The van der Waals surface area contributed by atoms with E-state index in [9.17, 15) is 9.59 Å². The highest BCUT2D eigenvalue weighted by atomic mass is 32.2. The molecule has 2 amide bonds. The molecule has 0 aliphatic heterocycles. The number of hydrogen-bond donors (Lipinski definition) is 2. The van der Waals surface area contributed by atoms with E-state index in [-0.39, 0.29) is 23.5 Å². The first-order valence-electron chi connectivity index (χ1n) is 9.62. The molecule has 0 bridgehead atoms. The highest BCUT2D eigenvalue weighted by Gasteiger charge is 2.14. The minimum atomic E-state index is -0.212. The molecule has 1 heterocycles. The Bertz CT molecular complexity index is 1060. The number of carbonyl (C=O) groups excluding carboxylic acids is 2. The number of para-hydroxylation sites is 1. The van der Waals surface area contributed by atoms with Gasteiger partial charge in [-0.2, -0.15) is 0 Å². The molecule has 1 aromatic heterocycles. The lowest BCUT2D eigenvalue weighted by Crippen LogP contribution is -2.17. The maximum absolute atomic E-state index is 12.9. The first-order valence-corrected chi connectivity index (χ1v) is 10.6. The highest BCUT2D eigenvalue weighted by Crippen LogP contribution is 2.28. The molecule has 0 aliphatic carbocycles. The number of aryl methyl sites for hydroxylation is 2. The van der Waals surface area contributed by atoms with E-state index >= 15 is 0 Å². The zero-order valence-electron chi connectivity index (χ0n) is 17.5. The molecule has 3 aromatic rings. The molecule has 2 aromatic carbocycles. The van der Waals surface area contributed by atoms with E-state index in [2.05, 4.69) is 34.7 Å². The SMILES string of the molecule is Cc1cccc(C(C)C)c1NC(=O)c1cccc(NC(=O)CSc2nncn2C)c1. The van der Waals surface area contributed by atoms with Crippen LogP contribution in [0.25, 0.3) is 0 Å². The summed E-state index contributed by atoms with van der Waals surface area (Å²) in [5.74, 6) is 0.0961. The van der Waals surface area contributed by atoms with Gasteiger partial charge < -0.3 is 15.2 Å². The van der Waals surface area contributed by atoms with Crippen LogP contribution in [0, 0.1) is 6.92 Å². The monoisotopic (exact) mass is 423 g/mol. The Hall–Kier alpha value is -3.13. The molecule has 0 aliphatic rings. The predicted molar refractivity (Wildman–Crippen MR) is 120 cm³/mol. The molecule has 2 N–H and O–H groups in total. The summed E-state index contributed by atoms with van der Waals surface area (Å²) in [5, 5.41) is 14.3. The van der Waals surface area contributed by atoms with Gasteiger partial charge in [-0.05, 0) is 42.2 Å². The number of nitrogens with zero attached hydrogens (tertiary/aromatic N) is 3. The molecule has 8 heteroatoms. The quantitative estimate of drug-likeness (QED) is 0.555. The fraction of sp³-hybridized carbons (Fsp3) is 0.273. The van der Waals surface area contributed by atoms with E-state index in [1.807, 2.05) is 32.2 Å². The zero-order valence-corrected chi connectivity index (χ0v) is 18.3. The second-order valence-electron chi connectivity index (χ2n) is 7.29. The van der Waals surface area contributed by atoms with Gasteiger partial charge in [0, 0.05) is 24.0 Å². The number of rotatable bonds is 7. The van der Waals surface area contributed by atoms with Gasteiger partial charge in [0.2, 0.25) is 5.91 Å². The van der Waals surface area contributed by atoms with Crippen LogP contribution in [0.2, 0.25) is 0 Å². The largest absolute Gasteiger partial charge is 0.325 e. The normalized spacial score (nSPS) is 10.8. The molecule has 30 heavy (non-hydrogen) atoms. The number of anilines is 2. The fourth-order valence-electron chi connectivity index (χ4n) is 3.00. The van der Waals surface area contributed by atoms with Crippen molar-refractivity contribution in [1.82, 2.24) is 14.8 Å². The number of nitrogens with one attached hydrogen (secondary N) is 2. The molecule has 0 atom stereocenters. The van der Waals surface area contributed by atoms with Crippen molar-refractivity contribution >= 4 is 35.0 Å². The van der Waals surface area contributed by atoms with Crippen molar-refractivity contribution in [3.05, 3.63) is 65.5 Å². The number of carbonyl (C=O) groups is 2. The lowest BCUT2D eigenvalue weighted by molar-refractivity contribution is -0.113. The van der Waals surface area contributed by atoms with Gasteiger partial charge in [-0.3, -0.25) is 9.59 Å². The van der Waals surface area contributed by atoms with Crippen molar-refractivity contribution in [1.29, 1.82) is 0 Å². The summed E-state index contributed by atoms with van der Waals surface area (Å²) in [5.41, 5.74) is 3.99. The molecule has 0 radical (unpaired) electrons. The molecule has 0 saturated carbocycles. The maximum atomic E-state index is 12.9. The standard InChI is InChI=1S/C22H25N5O2S/c1-14(2)18-10-5-7-15(3)20(18)25-21(29)16-8-6-9-17(11-16)24-19(28)12-30-22-26-23-13-27(22)4/h5-11,13-14H,12H2,1-4H3,(H,24,28)(H,25,29). The molecule has 0 unspecified atom stereocenters. The number of hydrogen-bond acceptors (Lipinski definition) is 5. The summed E-state index contributed by atoms with van der Waals surface area (Å²) >= 11 is 1.30. The summed E-state index contributed by atoms with van der Waals surface area (Å²) < 4.78 is 1.75. The van der Waals surface area contributed by atoms with E-state index in [0.717, 1.165) is 16.8 Å². The Balaban J connectivity index is 1.67. The number of thioether (sulfide) groups is 1. The van der Waals surface area contributed by atoms with Gasteiger partial charge in [0.25, 0.3) is 5.91 Å². The van der Waals surface area contributed by atoms with Crippen molar-refractivity contribution in [3.63, 3.8) is 0 Å². The summed E-state index contributed by atoms with van der Waals surface area (Å²) in [4.78, 5) is 25.1. The third-order valence-corrected chi connectivity index (χ3v) is 5.61. The molecule has 3 rings (SSSR count). The van der Waals surface area contributed by atoms with Crippen molar-refractivity contribution in [3.8, 4) is 0 Å². The van der Waals surface area contributed by atoms with Crippen molar-refractivity contribution in [2.45, 2.75) is 31.8 Å². The van der Waals surface area contributed by atoms with Crippen LogP contribution in [0.4, 0.5) is 11.4 Å². The van der Waals surface area contributed by atoms with Gasteiger partial charge in [-0.25, -0.2) is 0 Å². The Morgan fingerprint density at radius 1 is 1.13 bits per heavy atom. The Labute approximate surface area is 180 Å². The van der Waals surface area contributed by atoms with Gasteiger partial charge in [-0.15, -0.1) is 10.2 Å². The third-order valence-electron chi connectivity index (χ3n) is 4.58. The minimum absolute atomic E-state index is 0.179. The van der Waals surface area contributed by atoms with E-state index in [1.54, 1.807) is 35.2 Å². The lowest BCUT2D eigenvalue weighted by atomic mass is 9.98. The number of benzene rings is 2. The number of aromatic nitrogens is 3. The fourth-order valence-corrected chi connectivity index (χ4v) is 3.68. The highest BCUT2D eigenvalue weighted by molar-refractivity contribution is 7.99. The molecular formula is C22H25N5O2S. The first kappa shape index (κ1) is 21.6. The Morgan fingerprint density at radius 2 is 1.90 bits per heavy atom. The van der Waals surface area contributed by atoms with Crippen LogP contribution in [-0.4, -0.2) is 32.3 Å². The average molecular weight is 424 g/mol. The maximum Gasteiger partial charge on any atom is 0.255 e. The van der Waals surface area contributed by atoms with Crippen LogP contribution in [-0.2, 0) is 11.8 Å². The minimum Gasteiger partial charge on any atom is -0.325 e. The first-order chi connectivity index (χ1) is 14.3. The molecule has 7 nitrogen and oxygen atoms in total. The van der Waals surface area contributed by atoms with Gasteiger partial charge in [-0.1, -0.05) is 49.9 Å². The topological polar surface area (TPSA) is 88.9 Å². The summed E-state index contributed by atoms with van der Waals surface area (Å²) in [6, 6.07) is 12.9. The van der Waals surface area contributed by atoms with Crippen LogP contribution >= 0.6 is 11.8 Å². The van der Waals surface area contributed by atoms with Crippen molar-refractivity contribution in [2.75, 3.05) is 16.4 Å². The second-order valence-corrected chi connectivity index (χ2v) is 8.23. The lowest BCUT2D eigenvalue weighted by Gasteiger charge is -2.16. The Morgan fingerprint density at radius 3 is 2.60 bits per heavy atom. The van der Waals surface area contributed by atoms with E-state index in [1.165, 1.54) is 11.8 Å². The molecule has 0 fully saturated rings. The van der Waals surface area contributed by atoms with Crippen LogP contribution in [0.3, 0.4) is 0 Å². The summed E-state index contributed by atoms with van der Waals surface area (Å²) in [7, 11) is 1.82. The Kier molecular flexibility index (Phi) is 6.89. The summed E-state index contributed by atoms with van der Waals surface area (Å²) in [6.07, 6.45) is 1.58. The smallest absolute Gasteiger partial charge is 0.255 e. The van der Waals surface area contributed by atoms with Crippen LogP contribution in [0.1, 0.15) is 41.3 Å². The van der Waals surface area contributed by atoms with Crippen molar-refractivity contribution in [2.24, 2.45) is 7.05 Å². The van der Waals surface area contributed by atoms with Gasteiger partial charge in [0.1, 0.15) is 6.33 Å². The molecule has 156 valence electrons.